The summed E-state index contributed by atoms with van der Waals surface area (Å²) in [6.07, 6.45) is 4.34. The first-order valence-electron chi connectivity index (χ1n) is 6.35. The van der Waals surface area contributed by atoms with E-state index in [2.05, 4.69) is 24.1 Å². The van der Waals surface area contributed by atoms with E-state index in [1.807, 2.05) is 0 Å². The second-order valence-electron chi connectivity index (χ2n) is 5.05. The van der Waals surface area contributed by atoms with Gasteiger partial charge in [-0.1, -0.05) is 0 Å². The average molecular weight is 212 g/mol. The monoisotopic (exact) mass is 212 g/mol. The van der Waals surface area contributed by atoms with Gasteiger partial charge in [0.1, 0.15) is 0 Å². The molecular formula is C12H24N2O. The van der Waals surface area contributed by atoms with Crippen LogP contribution in [-0.4, -0.2) is 49.3 Å². The minimum absolute atomic E-state index is 0.394. The van der Waals surface area contributed by atoms with Crippen LogP contribution in [0.25, 0.3) is 0 Å². The van der Waals surface area contributed by atoms with Crippen molar-refractivity contribution in [2.24, 2.45) is 0 Å². The summed E-state index contributed by atoms with van der Waals surface area (Å²) in [5.41, 5.74) is 0. The summed E-state index contributed by atoms with van der Waals surface area (Å²) in [6.45, 7) is 9.18. The number of nitrogens with one attached hydrogen (secondary N) is 1. The Balaban J connectivity index is 1.69. The largest absolute Gasteiger partial charge is 0.377 e. The minimum atomic E-state index is 0.394. The molecule has 2 aliphatic heterocycles. The standard InChI is InChI=1S/C12H24N2O/c1-10(9-14-6-3-4-7-14)13-12-5-8-15-11(12)2/h10-13H,3-9H2,1-2H3. The van der Waals surface area contributed by atoms with Gasteiger partial charge < -0.3 is 15.0 Å². The van der Waals surface area contributed by atoms with Gasteiger partial charge in [-0.05, 0) is 46.2 Å². The van der Waals surface area contributed by atoms with Crippen molar-refractivity contribution in [1.29, 1.82) is 0 Å². The molecule has 0 saturated carbocycles. The van der Waals surface area contributed by atoms with Gasteiger partial charge in [-0.25, -0.2) is 0 Å². The molecule has 3 heteroatoms. The summed E-state index contributed by atoms with van der Waals surface area (Å²) >= 11 is 0. The molecular weight excluding hydrogens is 188 g/mol. The van der Waals surface area contributed by atoms with Crippen LogP contribution in [0.15, 0.2) is 0 Å². The quantitative estimate of drug-likeness (QED) is 0.759. The Bertz CT molecular complexity index is 192. The Kier molecular flexibility index (Phi) is 4.00. The molecule has 2 heterocycles. The van der Waals surface area contributed by atoms with E-state index >= 15 is 0 Å². The predicted molar refractivity (Wildman–Crippen MR) is 62.1 cm³/mol. The fraction of sp³-hybridized carbons (Fsp3) is 1.00. The van der Waals surface area contributed by atoms with E-state index in [-0.39, 0.29) is 0 Å². The van der Waals surface area contributed by atoms with Gasteiger partial charge in [0.25, 0.3) is 0 Å². The lowest BCUT2D eigenvalue weighted by molar-refractivity contribution is 0.110. The molecule has 2 aliphatic rings. The summed E-state index contributed by atoms with van der Waals surface area (Å²) in [6, 6.07) is 1.17. The van der Waals surface area contributed by atoms with Crippen LogP contribution in [-0.2, 0) is 4.74 Å². The molecule has 0 aromatic rings. The van der Waals surface area contributed by atoms with Gasteiger partial charge in [0.05, 0.1) is 6.10 Å². The number of likely N-dealkylation sites (tertiary alicyclic amines) is 1. The fourth-order valence-electron chi connectivity index (χ4n) is 2.72. The number of hydrogen-bond donors (Lipinski definition) is 1. The molecule has 0 aromatic carbocycles. The molecule has 3 nitrogen and oxygen atoms in total. The van der Waals surface area contributed by atoms with Crippen LogP contribution in [0, 0.1) is 0 Å². The molecule has 1 N–H and O–H groups in total. The maximum Gasteiger partial charge on any atom is 0.0700 e. The Morgan fingerprint density at radius 1 is 1.40 bits per heavy atom. The highest BCUT2D eigenvalue weighted by Crippen LogP contribution is 2.14. The Morgan fingerprint density at radius 2 is 2.13 bits per heavy atom. The molecule has 0 spiro atoms. The van der Waals surface area contributed by atoms with E-state index in [1.54, 1.807) is 0 Å². The number of nitrogens with zero attached hydrogens (tertiary/aromatic N) is 1. The third-order valence-corrected chi connectivity index (χ3v) is 3.61. The molecule has 0 aliphatic carbocycles. The normalized spacial score (nSPS) is 34.8. The third kappa shape index (κ3) is 3.16. The summed E-state index contributed by atoms with van der Waals surface area (Å²) in [7, 11) is 0. The van der Waals surface area contributed by atoms with Crippen LogP contribution >= 0.6 is 0 Å². The third-order valence-electron chi connectivity index (χ3n) is 3.61. The molecule has 15 heavy (non-hydrogen) atoms. The van der Waals surface area contributed by atoms with Crippen LogP contribution in [0.1, 0.15) is 33.1 Å². The molecule has 0 radical (unpaired) electrons. The Hall–Kier alpha value is -0.120. The van der Waals surface area contributed by atoms with Crippen LogP contribution in [0.4, 0.5) is 0 Å². The molecule has 3 unspecified atom stereocenters. The lowest BCUT2D eigenvalue weighted by Crippen LogP contribution is -2.45. The fourth-order valence-corrected chi connectivity index (χ4v) is 2.72. The van der Waals surface area contributed by atoms with Crippen LogP contribution in [0.3, 0.4) is 0 Å². The van der Waals surface area contributed by atoms with E-state index in [9.17, 15) is 0 Å². The lowest BCUT2D eigenvalue weighted by atomic mass is 10.1. The zero-order valence-electron chi connectivity index (χ0n) is 10.0. The van der Waals surface area contributed by atoms with Crippen LogP contribution < -0.4 is 5.32 Å². The highest BCUT2D eigenvalue weighted by atomic mass is 16.5. The number of hydrogen-bond acceptors (Lipinski definition) is 3. The Labute approximate surface area is 93.2 Å². The maximum atomic E-state index is 5.56. The Morgan fingerprint density at radius 3 is 2.73 bits per heavy atom. The molecule has 3 atom stereocenters. The van der Waals surface area contributed by atoms with Gasteiger partial charge in [0.2, 0.25) is 0 Å². The molecule has 2 fully saturated rings. The highest BCUT2D eigenvalue weighted by molar-refractivity contribution is 4.83. The smallest absolute Gasteiger partial charge is 0.0700 e. The van der Waals surface area contributed by atoms with Gasteiger partial charge in [0.15, 0.2) is 0 Å². The van der Waals surface area contributed by atoms with E-state index in [0.717, 1.165) is 6.61 Å². The zero-order chi connectivity index (χ0) is 10.7. The summed E-state index contributed by atoms with van der Waals surface area (Å²) in [4.78, 5) is 2.57. The average Bonchev–Trinajstić information content (AvgIpc) is 2.79. The molecule has 2 saturated heterocycles. The van der Waals surface area contributed by atoms with E-state index < -0.39 is 0 Å². The zero-order valence-corrected chi connectivity index (χ0v) is 10.0. The van der Waals surface area contributed by atoms with Crippen molar-refractivity contribution in [2.75, 3.05) is 26.2 Å². The number of rotatable bonds is 4. The van der Waals surface area contributed by atoms with Crippen molar-refractivity contribution in [1.82, 2.24) is 10.2 Å². The second-order valence-corrected chi connectivity index (χ2v) is 5.05. The molecule has 88 valence electrons. The van der Waals surface area contributed by atoms with Crippen LogP contribution in [0.5, 0.6) is 0 Å². The first kappa shape index (κ1) is 11.4. The topological polar surface area (TPSA) is 24.5 Å². The molecule has 2 rings (SSSR count). The van der Waals surface area contributed by atoms with Gasteiger partial charge in [-0.2, -0.15) is 0 Å². The van der Waals surface area contributed by atoms with Crippen molar-refractivity contribution in [3.8, 4) is 0 Å². The van der Waals surface area contributed by atoms with Gasteiger partial charge in [0, 0.05) is 25.2 Å². The first-order chi connectivity index (χ1) is 7.25. The van der Waals surface area contributed by atoms with Crippen molar-refractivity contribution in [3.63, 3.8) is 0 Å². The van der Waals surface area contributed by atoms with Crippen molar-refractivity contribution < 1.29 is 4.74 Å². The summed E-state index contributed by atoms with van der Waals surface area (Å²) in [5.74, 6) is 0. The van der Waals surface area contributed by atoms with Crippen molar-refractivity contribution in [3.05, 3.63) is 0 Å². The SMILES string of the molecule is CC(CN1CCCC1)NC1CCOC1C. The highest BCUT2D eigenvalue weighted by Gasteiger charge is 2.25. The van der Waals surface area contributed by atoms with E-state index in [1.165, 1.54) is 38.9 Å². The molecule has 0 aromatic heterocycles. The first-order valence-corrected chi connectivity index (χ1v) is 6.35. The minimum Gasteiger partial charge on any atom is -0.377 e. The van der Waals surface area contributed by atoms with E-state index in [0.29, 0.717) is 18.2 Å². The lowest BCUT2D eigenvalue weighted by Gasteiger charge is -2.25. The maximum absolute atomic E-state index is 5.56. The summed E-state index contributed by atoms with van der Waals surface area (Å²) < 4.78 is 5.56. The predicted octanol–water partition coefficient (Wildman–Crippen LogP) is 1.24. The summed E-state index contributed by atoms with van der Waals surface area (Å²) in [5, 5.41) is 3.69. The number of ether oxygens (including phenoxy) is 1. The molecule has 0 amide bonds. The van der Waals surface area contributed by atoms with Crippen molar-refractivity contribution >= 4 is 0 Å². The van der Waals surface area contributed by atoms with E-state index in [4.69, 9.17) is 4.74 Å². The van der Waals surface area contributed by atoms with Crippen LogP contribution in [0.2, 0.25) is 0 Å². The van der Waals surface area contributed by atoms with Gasteiger partial charge in [-0.15, -0.1) is 0 Å². The van der Waals surface area contributed by atoms with Gasteiger partial charge in [-0.3, -0.25) is 0 Å². The second kappa shape index (κ2) is 5.28. The van der Waals surface area contributed by atoms with Gasteiger partial charge >= 0.3 is 0 Å². The molecule has 0 bridgehead atoms. The van der Waals surface area contributed by atoms with Crippen molar-refractivity contribution in [2.45, 2.75) is 51.3 Å².